The topological polar surface area (TPSA) is 66.0 Å². The van der Waals surface area contributed by atoms with E-state index in [0.717, 1.165) is 10.8 Å². The summed E-state index contributed by atoms with van der Waals surface area (Å²) in [6, 6.07) is -4.64. The van der Waals surface area contributed by atoms with Gasteiger partial charge in [0.25, 0.3) is 0 Å². The molecule has 0 aliphatic heterocycles. The van der Waals surface area contributed by atoms with Crippen molar-refractivity contribution in [1.82, 2.24) is 4.57 Å². The lowest BCUT2D eigenvalue weighted by atomic mass is 10.3. The highest BCUT2D eigenvalue weighted by molar-refractivity contribution is 7.86. The Balaban J connectivity index is 0.000000515. The van der Waals surface area contributed by atoms with Crippen molar-refractivity contribution in [3.8, 4) is 0 Å². The zero-order chi connectivity index (χ0) is 18.9. The van der Waals surface area contributed by atoms with Gasteiger partial charge in [0, 0.05) is 0 Å². The third-order valence-corrected chi connectivity index (χ3v) is 2.56. The van der Waals surface area contributed by atoms with E-state index in [1.807, 2.05) is 0 Å². The molecular weight excluding hydrogens is 375 g/mol. The Morgan fingerprint density at radius 2 is 1.48 bits per heavy atom. The van der Waals surface area contributed by atoms with Crippen molar-refractivity contribution in [2.45, 2.75) is 23.9 Å². The van der Waals surface area contributed by atoms with Gasteiger partial charge in [-0.25, -0.2) is 17.4 Å². The van der Waals surface area contributed by atoms with Gasteiger partial charge in [-0.1, -0.05) is 0 Å². The van der Waals surface area contributed by atoms with Crippen molar-refractivity contribution in [2.24, 2.45) is 7.05 Å². The van der Waals surface area contributed by atoms with E-state index in [0.29, 0.717) is 12.5 Å². The molecule has 0 bridgehead atoms. The van der Waals surface area contributed by atoms with Crippen LogP contribution < -0.4 is 4.57 Å². The van der Waals surface area contributed by atoms with Crippen LogP contribution in [-0.4, -0.2) is 35.4 Å². The average Bonchev–Trinajstić information content (AvgIpc) is 2.72. The predicted octanol–water partition coefficient (Wildman–Crippen LogP) is 1.81. The minimum absolute atomic E-state index is 0.120. The van der Waals surface area contributed by atoms with Crippen LogP contribution in [0.4, 0.5) is 39.5 Å². The highest BCUT2D eigenvalue weighted by Gasteiger charge is 2.61. The van der Waals surface area contributed by atoms with Gasteiger partial charge in [-0.05, 0) is 0 Å². The Kier molecular flexibility index (Phi) is 6.11. The Bertz CT molecular complexity index is 619. The molecule has 23 heavy (non-hydrogen) atoms. The molecule has 0 N–H and O–H groups in total. The molecule has 0 amide bonds. The van der Waals surface area contributed by atoms with E-state index in [2.05, 4.69) is 0 Å². The second-order valence-electron chi connectivity index (χ2n) is 3.88. The van der Waals surface area contributed by atoms with Gasteiger partial charge in [0.05, 0.1) is 7.05 Å². The zero-order valence-electron chi connectivity index (χ0n) is 10.7. The molecule has 1 heterocycles. The highest BCUT2D eigenvalue weighted by Crippen LogP contribution is 2.37. The van der Waals surface area contributed by atoms with E-state index in [4.69, 9.17) is 13.0 Å². The summed E-state index contributed by atoms with van der Waals surface area (Å²) in [4.78, 5) is 0. The summed E-state index contributed by atoms with van der Waals surface area (Å²) in [5.74, 6) is 0. The van der Waals surface area contributed by atoms with E-state index in [1.54, 1.807) is 0 Å². The molecular formula is C8H7F9N2O3S. The Hall–Kier alpha value is -1.51. The van der Waals surface area contributed by atoms with Gasteiger partial charge >= 0.3 is 23.9 Å². The van der Waals surface area contributed by atoms with Crippen LogP contribution in [0, 0.1) is 0 Å². The minimum Gasteiger partial charge on any atom is -0.741 e. The lowest BCUT2D eigenvalue weighted by Gasteiger charge is -2.18. The first-order valence-electron chi connectivity index (χ1n) is 5.05. The molecule has 1 unspecified atom stereocenters. The van der Waals surface area contributed by atoms with Crippen LogP contribution in [-0.2, 0) is 23.2 Å². The molecule has 0 saturated carbocycles. The number of hydrogen-bond donors (Lipinski definition) is 0. The molecule has 1 aromatic heterocycles. The van der Waals surface area contributed by atoms with E-state index in [9.17, 15) is 39.5 Å². The maximum Gasteiger partial charge on any atom is 0.485 e. The van der Waals surface area contributed by atoms with E-state index in [-0.39, 0.29) is 4.57 Å². The number of hydrogen-bond acceptors (Lipinski definition) is 3. The van der Waals surface area contributed by atoms with Crippen molar-refractivity contribution in [1.29, 1.82) is 0 Å². The summed E-state index contributed by atoms with van der Waals surface area (Å²) in [6.45, 7) is 0. The summed E-state index contributed by atoms with van der Waals surface area (Å²) in [6.07, 6.45) is -7.41. The van der Waals surface area contributed by atoms with Gasteiger partial charge in [0.1, 0.15) is 12.4 Å². The summed E-state index contributed by atoms with van der Waals surface area (Å²) in [5, 5.41) is 0. The first-order chi connectivity index (χ1) is 9.90. The fourth-order valence-corrected chi connectivity index (χ4v) is 0.954. The van der Waals surface area contributed by atoms with Crippen molar-refractivity contribution in [3.63, 3.8) is 0 Å². The average molecular weight is 382 g/mol. The lowest BCUT2D eigenvalue weighted by molar-refractivity contribution is -0.671. The summed E-state index contributed by atoms with van der Waals surface area (Å²) >= 11 is 0. The fraction of sp³-hybridized carbons (Fsp3) is 0.625. The van der Waals surface area contributed by atoms with E-state index < -0.39 is 34.0 Å². The van der Waals surface area contributed by atoms with Gasteiger partial charge in [-0.3, -0.25) is 0 Å². The third-order valence-electron chi connectivity index (χ3n) is 1.99. The molecule has 0 aliphatic carbocycles. The number of halogens is 9. The van der Waals surface area contributed by atoms with E-state index >= 15 is 0 Å². The van der Waals surface area contributed by atoms with Crippen molar-refractivity contribution < 1.29 is 57.1 Å². The maximum absolute atomic E-state index is 12.9. The molecule has 0 fully saturated rings. The number of aromatic nitrogens is 2. The van der Waals surface area contributed by atoms with Gasteiger partial charge < -0.3 is 4.55 Å². The SMILES string of the molecule is C[n+]1ccn(C(F)(F)C(F)C(F)(F)F)c1.O=S(=O)([O-])C(F)(F)F. The van der Waals surface area contributed by atoms with Crippen LogP contribution in [0.2, 0.25) is 0 Å². The van der Waals surface area contributed by atoms with Crippen LogP contribution in [0.3, 0.4) is 0 Å². The van der Waals surface area contributed by atoms with Gasteiger partial charge in [-0.2, -0.15) is 39.7 Å². The molecule has 15 heteroatoms. The van der Waals surface area contributed by atoms with Crippen molar-refractivity contribution in [2.75, 3.05) is 0 Å². The van der Waals surface area contributed by atoms with Crippen molar-refractivity contribution in [3.05, 3.63) is 18.7 Å². The van der Waals surface area contributed by atoms with E-state index in [1.165, 1.54) is 7.05 Å². The summed E-state index contributed by atoms with van der Waals surface area (Å²) in [7, 11) is -4.76. The number of aryl methyl sites for hydroxylation is 1. The molecule has 0 saturated heterocycles. The predicted molar refractivity (Wildman–Crippen MR) is 52.5 cm³/mol. The molecule has 0 aliphatic rings. The Morgan fingerprint density at radius 3 is 1.70 bits per heavy atom. The van der Waals surface area contributed by atoms with Gasteiger partial charge in [0.15, 0.2) is 10.1 Å². The minimum atomic E-state index is -6.09. The maximum atomic E-state index is 12.9. The Morgan fingerprint density at radius 1 is 1.09 bits per heavy atom. The smallest absolute Gasteiger partial charge is 0.485 e. The molecule has 1 aromatic rings. The van der Waals surface area contributed by atoms with Crippen LogP contribution in [0.1, 0.15) is 0 Å². The molecule has 136 valence electrons. The fourth-order valence-electron chi connectivity index (χ4n) is 0.954. The normalized spacial score (nSPS) is 14.9. The molecule has 1 atom stereocenters. The van der Waals surface area contributed by atoms with Crippen LogP contribution in [0.5, 0.6) is 0 Å². The number of rotatable bonds is 2. The second-order valence-corrected chi connectivity index (χ2v) is 5.25. The molecule has 0 aromatic carbocycles. The second kappa shape index (κ2) is 6.54. The lowest BCUT2D eigenvalue weighted by Crippen LogP contribution is -2.43. The zero-order valence-corrected chi connectivity index (χ0v) is 11.6. The van der Waals surface area contributed by atoms with Gasteiger partial charge in [0.2, 0.25) is 6.33 Å². The number of nitrogens with zero attached hydrogens (tertiary/aromatic N) is 2. The highest BCUT2D eigenvalue weighted by atomic mass is 32.2. The monoisotopic (exact) mass is 382 g/mol. The van der Waals surface area contributed by atoms with Crippen molar-refractivity contribution >= 4 is 10.1 Å². The number of alkyl halides is 9. The molecule has 1 rings (SSSR count). The van der Waals surface area contributed by atoms with Gasteiger partial charge in [-0.15, -0.1) is 0 Å². The first-order valence-corrected chi connectivity index (χ1v) is 6.46. The largest absolute Gasteiger partial charge is 0.741 e. The number of imidazole rings is 1. The molecule has 0 radical (unpaired) electrons. The molecule has 5 nitrogen and oxygen atoms in total. The molecule has 0 spiro atoms. The summed E-state index contributed by atoms with van der Waals surface area (Å²) < 4.78 is 133. The first kappa shape index (κ1) is 21.5. The van der Waals surface area contributed by atoms with Crippen LogP contribution in [0.25, 0.3) is 0 Å². The van der Waals surface area contributed by atoms with Crippen LogP contribution in [0.15, 0.2) is 18.7 Å². The van der Waals surface area contributed by atoms with Crippen LogP contribution >= 0.6 is 0 Å². The summed E-state index contributed by atoms with van der Waals surface area (Å²) in [5.41, 5.74) is -5.65. The third kappa shape index (κ3) is 5.89. The standard InChI is InChI=1S/C7H7F6N2.CHF3O3S/c1-14-2-3-15(4-14)7(12,13)5(8)6(9,10)11;2-1(3,4)8(5,6)7/h2-5H,1H3;(H,5,6,7)/q+1;/p-1. The quantitative estimate of drug-likeness (QED) is 0.339. The Labute approximate surface area is 122 Å².